The van der Waals surface area contributed by atoms with Crippen molar-refractivity contribution in [2.24, 2.45) is 4.99 Å². The molecule has 2 heterocycles. The highest BCUT2D eigenvalue weighted by Crippen LogP contribution is 2.17. The molecule has 0 atom stereocenters. The molecule has 0 bridgehead atoms. The lowest BCUT2D eigenvalue weighted by Gasteiger charge is -2.14. The normalized spacial score (nSPS) is 11.6. The number of fused-ring (bicyclic) bond motifs is 1. The van der Waals surface area contributed by atoms with Crippen molar-refractivity contribution in [1.82, 2.24) is 20.6 Å². The molecule has 6 heteroatoms. The third-order valence-corrected chi connectivity index (χ3v) is 4.27. The highest BCUT2D eigenvalue weighted by atomic mass is 15.2. The van der Waals surface area contributed by atoms with Crippen LogP contribution in [0.5, 0.6) is 0 Å². The zero-order valence-electron chi connectivity index (χ0n) is 15.6. The minimum absolute atomic E-state index is 0.633. The molecule has 0 saturated heterocycles. The molecule has 1 aromatic carbocycles. The van der Waals surface area contributed by atoms with Crippen LogP contribution in [-0.4, -0.2) is 43.6 Å². The van der Waals surface area contributed by atoms with E-state index in [4.69, 9.17) is 0 Å². The minimum atomic E-state index is 0.633. The summed E-state index contributed by atoms with van der Waals surface area (Å²) in [6, 6.07) is 14.4. The van der Waals surface area contributed by atoms with Gasteiger partial charge in [-0.1, -0.05) is 24.3 Å². The number of para-hydroxylation sites is 1. The van der Waals surface area contributed by atoms with Crippen molar-refractivity contribution in [2.45, 2.75) is 13.0 Å². The predicted octanol–water partition coefficient (Wildman–Crippen LogP) is 2.54. The molecule has 0 aliphatic carbocycles. The van der Waals surface area contributed by atoms with Gasteiger partial charge in [-0.05, 0) is 30.2 Å². The van der Waals surface area contributed by atoms with Gasteiger partial charge >= 0.3 is 0 Å². The van der Waals surface area contributed by atoms with Gasteiger partial charge in [-0.2, -0.15) is 0 Å². The minimum Gasteiger partial charge on any atom is -0.363 e. The van der Waals surface area contributed by atoms with Crippen LogP contribution in [0.25, 0.3) is 10.9 Å². The summed E-state index contributed by atoms with van der Waals surface area (Å²) >= 11 is 0. The molecule has 0 saturated carbocycles. The molecule has 3 N–H and O–H groups in total. The molecule has 6 nitrogen and oxygen atoms in total. The van der Waals surface area contributed by atoms with Crippen LogP contribution in [0.1, 0.15) is 11.3 Å². The van der Waals surface area contributed by atoms with Crippen LogP contribution in [-0.2, 0) is 13.0 Å². The summed E-state index contributed by atoms with van der Waals surface area (Å²) in [5.41, 5.74) is 3.47. The second-order valence-electron chi connectivity index (χ2n) is 6.34. The second kappa shape index (κ2) is 8.38. The summed E-state index contributed by atoms with van der Waals surface area (Å²) in [6.45, 7) is 1.45. The fourth-order valence-electron chi connectivity index (χ4n) is 2.86. The molecule has 0 radical (unpaired) electrons. The number of nitrogens with zero attached hydrogens (tertiary/aromatic N) is 3. The first kappa shape index (κ1) is 17.8. The van der Waals surface area contributed by atoms with Gasteiger partial charge in [0.05, 0.1) is 12.2 Å². The molecular weight excluding hydrogens is 324 g/mol. The topological polar surface area (TPSA) is 68.3 Å². The Morgan fingerprint density at radius 1 is 1.12 bits per heavy atom. The highest BCUT2D eigenvalue weighted by Gasteiger charge is 2.04. The Kier molecular flexibility index (Phi) is 5.73. The Bertz CT molecular complexity index is 881. The lowest BCUT2D eigenvalue weighted by molar-refractivity contribution is 0.784. The molecular formula is C20H26N6. The van der Waals surface area contributed by atoms with E-state index >= 15 is 0 Å². The number of pyridine rings is 1. The van der Waals surface area contributed by atoms with Gasteiger partial charge in [0.1, 0.15) is 5.82 Å². The van der Waals surface area contributed by atoms with Crippen molar-refractivity contribution in [1.29, 1.82) is 0 Å². The van der Waals surface area contributed by atoms with Crippen LogP contribution in [0.2, 0.25) is 0 Å². The Morgan fingerprint density at radius 3 is 2.77 bits per heavy atom. The van der Waals surface area contributed by atoms with Gasteiger partial charge in [0, 0.05) is 44.8 Å². The molecule has 0 fully saturated rings. The number of hydrogen-bond donors (Lipinski definition) is 3. The molecule has 3 rings (SSSR count). The van der Waals surface area contributed by atoms with Crippen molar-refractivity contribution in [3.63, 3.8) is 0 Å². The smallest absolute Gasteiger partial charge is 0.191 e. The van der Waals surface area contributed by atoms with E-state index in [-0.39, 0.29) is 0 Å². The number of hydrogen-bond acceptors (Lipinski definition) is 3. The quantitative estimate of drug-likeness (QED) is 0.472. The van der Waals surface area contributed by atoms with Crippen LogP contribution >= 0.6 is 0 Å². The van der Waals surface area contributed by atoms with Gasteiger partial charge in [0.2, 0.25) is 0 Å². The Labute approximate surface area is 154 Å². The molecule has 26 heavy (non-hydrogen) atoms. The number of aliphatic imine (C=N–C) groups is 1. The van der Waals surface area contributed by atoms with Crippen LogP contribution in [0.3, 0.4) is 0 Å². The molecule has 2 aromatic heterocycles. The SMILES string of the molecule is CN=C(NCCc1c[nH]c2ccccc12)NCc1cccc(N(C)C)n1. The van der Waals surface area contributed by atoms with Gasteiger partial charge in [0.25, 0.3) is 0 Å². The number of anilines is 1. The zero-order chi connectivity index (χ0) is 18.4. The van der Waals surface area contributed by atoms with Gasteiger partial charge in [-0.15, -0.1) is 0 Å². The first-order valence-electron chi connectivity index (χ1n) is 8.80. The lowest BCUT2D eigenvalue weighted by atomic mass is 10.1. The number of guanidine groups is 1. The molecule has 0 amide bonds. The molecule has 0 spiro atoms. The summed E-state index contributed by atoms with van der Waals surface area (Å²) < 4.78 is 0. The van der Waals surface area contributed by atoms with Crippen LogP contribution < -0.4 is 15.5 Å². The van der Waals surface area contributed by atoms with E-state index in [0.717, 1.165) is 30.4 Å². The van der Waals surface area contributed by atoms with E-state index in [1.807, 2.05) is 43.3 Å². The van der Waals surface area contributed by atoms with Gasteiger partial charge in [0.15, 0.2) is 5.96 Å². The van der Waals surface area contributed by atoms with Gasteiger partial charge in [-0.25, -0.2) is 4.98 Å². The predicted molar refractivity (Wildman–Crippen MR) is 109 cm³/mol. The van der Waals surface area contributed by atoms with E-state index in [2.05, 4.69) is 50.0 Å². The first-order chi connectivity index (χ1) is 12.7. The monoisotopic (exact) mass is 350 g/mol. The van der Waals surface area contributed by atoms with Gasteiger partial charge in [-0.3, -0.25) is 4.99 Å². The summed E-state index contributed by atoms with van der Waals surface area (Å²) in [6.07, 6.45) is 3.01. The van der Waals surface area contributed by atoms with Crippen molar-refractivity contribution in [2.75, 3.05) is 32.6 Å². The zero-order valence-corrected chi connectivity index (χ0v) is 15.6. The summed E-state index contributed by atoms with van der Waals surface area (Å²) in [5, 5.41) is 7.97. The lowest BCUT2D eigenvalue weighted by Crippen LogP contribution is -2.38. The number of rotatable bonds is 6. The first-order valence-corrected chi connectivity index (χ1v) is 8.80. The van der Waals surface area contributed by atoms with Crippen molar-refractivity contribution in [3.05, 3.63) is 59.9 Å². The number of benzene rings is 1. The van der Waals surface area contributed by atoms with Gasteiger partial charge < -0.3 is 20.5 Å². The number of H-pyrrole nitrogens is 1. The maximum Gasteiger partial charge on any atom is 0.191 e. The van der Waals surface area contributed by atoms with Crippen LogP contribution in [0, 0.1) is 0 Å². The largest absolute Gasteiger partial charge is 0.363 e. The van der Waals surface area contributed by atoms with Crippen molar-refractivity contribution in [3.8, 4) is 0 Å². The molecule has 0 aliphatic rings. The van der Waals surface area contributed by atoms with Crippen molar-refractivity contribution < 1.29 is 0 Å². The molecule has 136 valence electrons. The van der Waals surface area contributed by atoms with E-state index < -0.39 is 0 Å². The van der Waals surface area contributed by atoms with E-state index in [1.165, 1.54) is 16.5 Å². The van der Waals surface area contributed by atoms with Crippen LogP contribution in [0.4, 0.5) is 5.82 Å². The fraction of sp³-hybridized carbons (Fsp3) is 0.300. The van der Waals surface area contributed by atoms with Crippen molar-refractivity contribution >= 4 is 22.7 Å². The Morgan fingerprint density at radius 2 is 1.96 bits per heavy atom. The fourth-order valence-corrected chi connectivity index (χ4v) is 2.86. The summed E-state index contributed by atoms with van der Waals surface area (Å²) in [4.78, 5) is 14.2. The van der Waals surface area contributed by atoms with E-state index in [0.29, 0.717) is 6.54 Å². The summed E-state index contributed by atoms with van der Waals surface area (Å²) in [5.74, 6) is 1.73. The Hall–Kier alpha value is -3.02. The standard InChI is InChI=1S/C20H26N6/c1-21-20(24-14-16-7-6-10-19(25-16)26(2)3)22-12-11-15-13-23-18-9-5-4-8-17(15)18/h4-10,13,23H,11-12,14H2,1-3H3,(H2,21,22,24). The van der Waals surface area contributed by atoms with E-state index in [9.17, 15) is 0 Å². The molecule has 0 unspecified atom stereocenters. The second-order valence-corrected chi connectivity index (χ2v) is 6.34. The average molecular weight is 350 g/mol. The number of nitrogens with one attached hydrogen (secondary N) is 3. The third-order valence-electron chi connectivity index (χ3n) is 4.27. The third kappa shape index (κ3) is 4.33. The Balaban J connectivity index is 1.51. The number of aromatic amines is 1. The summed E-state index contributed by atoms with van der Waals surface area (Å²) in [7, 11) is 5.76. The van der Waals surface area contributed by atoms with Crippen LogP contribution in [0.15, 0.2) is 53.7 Å². The molecule has 3 aromatic rings. The number of aromatic nitrogens is 2. The maximum absolute atomic E-state index is 4.61. The average Bonchev–Trinajstić information content (AvgIpc) is 3.08. The van der Waals surface area contributed by atoms with E-state index in [1.54, 1.807) is 7.05 Å². The maximum atomic E-state index is 4.61. The highest BCUT2D eigenvalue weighted by molar-refractivity contribution is 5.83. The molecule has 0 aliphatic heterocycles.